The number of sulfonamides is 1. The van der Waals surface area contributed by atoms with Gasteiger partial charge in [-0.25, -0.2) is 13.1 Å². The van der Waals surface area contributed by atoms with Crippen molar-refractivity contribution in [1.29, 1.82) is 0 Å². The molecule has 0 spiro atoms. The summed E-state index contributed by atoms with van der Waals surface area (Å²) < 4.78 is 25.7. The zero-order valence-corrected chi connectivity index (χ0v) is 11.8. The lowest BCUT2D eigenvalue weighted by atomic mass is 9.97. The lowest BCUT2D eigenvalue weighted by Crippen LogP contribution is -2.32. The van der Waals surface area contributed by atoms with Crippen molar-refractivity contribution in [3.63, 3.8) is 0 Å². The molecule has 1 unspecified atom stereocenters. The summed E-state index contributed by atoms with van der Waals surface area (Å²) in [7, 11) is -3.25. The van der Waals surface area contributed by atoms with Crippen molar-refractivity contribution in [3.8, 4) is 0 Å². The van der Waals surface area contributed by atoms with Crippen LogP contribution in [-0.2, 0) is 10.0 Å². The number of halogens is 1. The van der Waals surface area contributed by atoms with E-state index in [1.807, 2.05) is 44.2 Å². The smallest absolute Gasteiger partial charge is 0.212 e. The SMILES string of the molecule is CC(C)C(NS(=O)(=O)CBr)c1ccccc1. The molecule has 0 aromatic heterocycles. The van der Waals surface area contributed by atoms with E-state index >= 15 is 0 Å². The minimum atomic E-state index is -3.25. The third-order valence-electron chi connectivity index (χ3n) is 2.28. The molecule has 0 radical (unpaired) electrons. The maximum atomic E-state index is 11.5. The molecule has 0 amide bonds. The molecule has 1 rings (SSSR count). The molecule has 0 aliphatic rings. The van der Waals surface area contributed by atoms with Gasteiger partial charge in [-0.3, -0.25) is 0 Å². The van der Waals surface area contributed by atoms with Gasteiger partial charge >= 0.3 is 0 Å². The summed E-state index contributed by atoms with van der Waals surface area (Å²) in [6.07, 6.45) is 0. The fraction of sp³-hybridized carbons (Fsp3) is 0.455. The second-order valence-electron chi connectivity index (χ2n) is 3.97. The van der Waals surface area contributed by atoms with Crippen LogP contribution in [0.25, 0.3) is 0 Å². The monoisotopic (exact) mass is 305 g/mol. The van der Waals surface area contributed by atoms with Gasteiger partial charge < -0.3 is 0 Å². The van der Waals surface area contributed by atoms with Crippen LogP contribution < -0.4 is 4.72 Å². The minimum Gasteiger partial charge on any atom is -0.212 e. The van der Waals surface area contributed by atoms with Crippen LogP contribution in [0.4, 0.5) is 0 Å². The van der Waals surface area contributed by atoms with Gasteiger partial charge in [-0.1, -0.05) is 60.1 Å². The number of hydrogen-bond acceptors (Lipinski definition) is 2. The number of rotatable bonds is 5. The highest BCUT2D eigenvalue weighted by Crippen LogP contribution is 2.22. The second-order valence-corrected chi connectivity index (χ2v) is 7.03. The van der Waals surface area contributed by atoms with E-state index in [4.69, 9.17) is 0 Å². The normalized spacial score (nSPS) is 14.0. The van der Waals surface area contributed by atoms with Crippen molar-refractivity contribution in [1.82, 2.24) is 4.72 Å². The number of hydrogen-bond donors (Lipinski definition) is 1. The van der Waals surface area contributed by atoms with Gasteiger partial charge in [-0.05, 0) is 11.5 Å². The summed E-state index contributed by atoms with van der Waals surface area (Å²) >= 11 is 2.97. The maximum absolute atomic E-state index is 11.5. The predicted octanol–water partition coefficient (Wildman–Crippen LogP) is 2.66. The summed E-state index contributed by atoms with van der Waals surface area (Å²) in [6, 6.07) is 9.42. The molecular weight excluding hydrogens is 290 g/mol. The zero-order chi connectivity index (χ0) is 12.2. The Kier molecular flexibility index (Phi) is 4.95. The number of nitrogens with one attached hydrogen (secondary N) is 1. The molecule has 1 atom stereocenters. The summed E-state index contributed by atoms with van der Waals surface area (Å²) in [4.78, 5) is 0. The molecule has 0 bridgehead atoms. The van der Waals surface area contributed by atoms with E-state index < -0.39 is 10.0 Å². The van der Waals surface area contributed by atoms with Gasteiger partial charge in [0.2, 0.25) is 10.0 Å². The molecular formula is C11H16BrNO2S. The van der Waals surface area contributed by atoms with Crippen molar-refractivity contribution in [2.45, 2.75) is 19.9 Å². The molecule has 0 saturated heterocycles. The second kappa shape index (κ2) is 5.80. The topological polar surface area (TPSA) is 46.2 Å². The van der Waals surface area contributed by atoms with E-state index in [9.17, 15) is 8.42 Å². The molecule has 0 heterocycles. The van der Waals surface area contributed by atoms with Crippen LogP contribution in [0.5, 0.6) is 0 Å². The average Bonchev–Trinajstić information content (AvgIpc) is 2.27. The minimum absolute atomic E-state index is 0.0734. The first-order valence-corrected chi connectivity index (χ1v) is 7.84. The van der Waals surface area contributed by atoms with Crippen LogP contribution >= 0.6 is 15.9 Å². The zero-order valence-electron chi connectivity index (χ0n) is 9.35. The van der Waals surface area contributed by atoms with Gasteiger partial charge in [0.25, 0.3) is 0 Å². The molecule has 0 aliphatic carbocycles. The van der Waals surface area contributed by atoms with Gasteiger partial charge in [-0.15, -0.1) is 0 Å². The Bertz CT molecular complexity index is 417. The molecule has 5 heteroatoms. The van der Waals surface area contributed by atoms with Crippen molar-refractivity contribution in [3.05, 3.63) is 35.9 Å². The van der Waals surface area contributed by atoms with E-state index in [1.54, 1.807) is 0 Å². The standard InChI is InChI=1S/C11H16BrNO2S/c1-9(2)11(13-16(14,15)8-12)10-6-4-3-5-7-10/h3-7,9,11,13H,8H2,1-2H3. The lowest BCUT2D eigenvalue weighted by Gasteiger charge is -2.22. The summed E-state index contributed by atoms with van der Waals surface area (Å²) in [6.45, 7) is 3.99. The predicted molar refractivity (Wildman–Crippen MR) is 69.9 cm³/mol. The highest BCUT2D eigenvalue weighted by molar-refractivity contribution is 9.10. The van der Waals surface area contributed by atoms with Gasteiger partial charge in [-0.2, -0.15) is 0 Å². The van der Waals surface area contributed by atoms with E-state index in [0.717, 1.165) is 5.56 Å². The van der Waals surface area contributed by atoms with Gasteiger partial charge in [0, 0.05) is 6.04 Å². The molecule has 0 saturated carbocycles. The van der Waals surface area contributed by atoms with E-state index in [1.165, 1.54) is 0 Å². The Morgan fingerprint density at radius 3 is 2.25 bits per heavy atom. The molecule has 1 aromatic carbocycles. The number of benzene rings is 1. The molecule has 90 valence electrons. The van der Waals surface area contributed by atoms with Gasteiger partial charge in [0.05, 0.1) is 0 Å². The first-order valence-electron chi connectivity index (χ1n) is 5.07. The molecule has 1 N–H and O–H groups in total. The molecule has 16 heavy (non-hydrogen) atoms. The van der Waals surface area contributed by atoms with Crippen LogP contribution in [0.2, 0.25) is 0 Å². The highest BCUT2D eigenvalue weighted by atomic mass is 79.9. The van der Waals surface area contributed by atoms with Crippen LogP contribution in [0.15, 0.2) is 30.3 Å². The molecule has 1 aromatic rings. The summed E-state index contributed by atoms with van der Waals surface area (Å²) in [5, 5.41) is 0. The van der Waals surface area contributed by atoms with Crippen molar-refractivity contribution >= 4 is 26.0 Å². The fourth-order valence-electron chi connectivity index (χ4n) is 1.47. The fourth-order valence-corrected chi connectivity index (χ4v) is 2.73. The van der Waals surface area contributed by atoms with Crippen molar-refractivity contribution in [2.24, 2.45) is 5.92 Å². The van der Waals surface area contributed by atoms with Crippen LogP contribution in [0.3, 0.4) is 0 Å². The third-order valence-corrected chi connectivity index (χ3v) is 4.98. The maximum Gasteiger partial charge on any atom is 0.222 e. The van der Waals surface area contributed by atoms with Gasteiger partial charge in [0.15, 0.2) is 0 Å². The Morgan fingerprint density at radius 1 is 1.25 bits per heavy atom. The summed E-state index contributed by atoms with van der Waals surface area (Å²) in [5.41, 5.74) is 0.988. The van der Waals surface area contributed by atoms with Crippen molar-refractivity contribution in [2.75, 3.05) is 4.66 Å². The Morgan fingerprint density at radius 2 is 1.81 bits per heavy atom. The van der Waals surface area contributed by atoms with Crippen LogP contribution in [-0.4, -0.2) is 13.1 Å². The molecule has 3 nitrogen and oxygen atoms in total. The molecule has 0 fully saturated rings. The number of alkyl halides is 1. The third kappa shape index (κ3) is 3.88. The molecule has 0 aliphatic heterocycles. The average molecular weight is 306 g/mol. The largest absolute Gasteiger partial charge is 0.222 e. The lowest BCUT2D eigenvalue weighted by molar-refractivity contribution is 0.465. The Hall–Kier alpha value is -0.390. The van der Waals surface area contributed by atoms with E-state index in [0.29, 0.717) is 0 Å². The van der Waals surface area contributed by atoms with E-state index in [-0.39, 0.29) is 16.6 Å². The highest BCUT2D eigenvalue weighted by Gasteiger charge is 2.21. The Labute approximate surface area is 105 Å². The quantitative estimate of drug-likeness (QED) is 0.850. The Balaban J connectivity index is 2.94. The van der Waals surface area contributed by atoms with Crippen LogP contribution in [0.1, 0.15) is 25.5 Å². The van der Waals surface area contributed by atoms with Gasteiger partial charge in [0.1, 0.15) is 4.66 Å². The van der Waals surface area contributed by atoms with Crippen molar-refractivity contribution < 1.29 is 8.42 Å². The van der Waals surface area contributed by atoms with Crippen LogP contribution in [0, 0.1) is 5.92 Å². The first kappa shape index (κ1) is 13.7. The summed E-state index contributed by atoms with van der Waals surface area (Å²) in [5.74, 6) is 0.205. The van der Waals surface area contributed by atoms with E-state index in [2.05, 4.69) is 20.7 Å². The first-order chi connectivity index (χ1) is 7.46.